The molecule has 0 saturated heterocycles. The van der Waals surface area contributed by atoms with Crippen LogP contribution in [0.2, 0.25) is 0 Å². The van der Waals surface area contributed by atoms with Crippen LogP contribution in [0, 0.1) is 37.7 Å². The molecule has 0 aromatic rings. The molecule has 3 nitrogen and oxygen atoms in total. The third-order valence-electron chi connectivity index (χ3n) is 8.31. The second-order valence-corrected chi connectivity index (χ2v) is 8.72. The van der Waals surface area contributed by atoms with E-state index in [2.05, 4.69) is 62.3 Å². The highest BCUT2D eigenvalue weighted by molar-refractivity contribution is 5.17. The van der Waals surface area contributed by atoms with Gasteiger partial charge in [0.25, 0.3) is 0 Å². The first kappa shape index (κ1) is 16.5. The van der Waals surface area contributed by atoms with E-state index in [4.69, 9.17) is 0 Å². The quantitative estimate of drug-likeness (QED) is 0.508. The highest BCUT2D eigenvalue weighted by Gasteiger charge is 2.74. The molecule has 1 aliphatic rings. The Hall–Kier alpha value is -0.600. The summed E-state index contributed by atoms with van der Waals surface area (Å²) in [6.07, 6.45) is 0. The molecule has 0 heterocycles. The fraction of sp³-hybridized carbons (Fsp3) is 1.00. The number of hydrogen-bond donors (Lipinski definition) is 0. The molecule has 0 bridgehead atoms. The van der Waals surface area contributed by atoms with Gasteiger partial charge in [-0.3, -0.25) is 10.1 Å². The van der Waals surface area contributed by atoms with Gasteiger partial charge in [-0.25, -0.2) is 0 Å². The van der Waals surface area contributed by atoms with Gasteiger partial charge in [-0.05, 0) is 16.2 Å². The van der Waals surface area contributed by atoms with Crippen molar-refractivity contribution >= 4 is 0 Å². The summed E-state index contributed by atoms with van der Waals surface area (Å²) in [4.78, 5) is 11.9. The van der Waals surface area contributed by atoms with Crippen molar-refractivity contribution in [2.45, 2.75) is 74.8 Å². The van der Waals surface area contributed by atoms with Crippen molar-refractivity contribution in [2.24, 2.45) is 27.6 Å². The van der Waals surface area contributed by atoms with Crippen LogP contribution >= 0.6 is 0 Å². The van der Waals surface area contributed by atoms with Gasteiger partial charge < -0.3 is 0 Å². The summed E-state index contributed by atoms with van der Waals surface area (Å²) < 4.78 is 0. The second kappa shape index (κ2) is 3.73. The summed E-state index contributed by atoms with van der Waals surface area (Å²) in [5, 5.41) is 11.9. The summed E-state index contributed by atoms with van der Waals surface area (Å²) in [5.41, 5.74) is -1.54. The average molecular weight is 269 g/mol. The lowest BCUT2D eigenvalue weighted by molar-refractivity contribution is -0.617. The van der Waals surface area contributed by atoms with E-state index in [1.165, 1.54) is 0 Å². The molecule has 112 valence electrons. The molecule has 1 rings (SSSR count). The Balaban J connectivity index is 3.72. The zero-order chi connectivity index (χ0) is 15.7. The van der Waals surface area contributed by atoms with E-state index in [1.54, 1.807) is 0 Å². The molecule has 0 aromatic heterocycles. The smallest absolute Gasteiger partial charge is 0.228 e. The van der Waals surface area contributed by atoms with Gasteiger partial charge in [0.2, 0.25) is 5.54 Å². The van der Waals surface area contributed by atoms with E-state index in [-0.39, 0.29) is 32.5 Å². The van der Waals surface area contributed by atoms with Crippen LogP contribution in [-0.2, 0) is 0 Å². The molecule has 19 heavy (non-hydrogen) atoms. The van der Waals surface area contributed by atoms with E-state index in [9.17, 15) is 10.1 Å². The summed E-state index contributed by atoms with van der Waals surface area (Å²) >= 11 is 0. The molecule has 3 heteroatoms. The van der Waals surface area contributed by atoms with Gasteiger partial charge in [0.05, 0.1) is 0 Å². The lowest BCUT2D eigenvalue weighted by atomic mass is 9.34. The number of nitro groups is 1. The maximum atomic E-state index is 11.9. The summed E-state index contributed by atoms with van der Waals surface area (Å²) in [6.45, 7) is 21.4. The fourth-order valence-electron chi connectivity index (χ4n) is 4.39. The van der Waals surface area contributed by atoms with Crippen LogP contribution in [0.4, 0.5) is 0 Å². The Morgan fingerprint density at radius 1 is 0.789 bits per heavy atom. The summed E-state index contributed by atoms with van der Waals surface area (Å²) in [7, 11) is 0. The molecule has 1 fully saturated rings. The highest BCUT2D eigenvalue weighted by atomic mass is 16.6. The van der Waals surface area contributed by atoms with Crippen LogP contribution in [0.15, 0.2) is 0 Å². The minimum Gasteiger partial charge on any atom is -0.264 e. The first-order valence-electron chi connectivity index (χ1n) is 7.24. The zero-order valence-electron chi connectivity index (χ0n) is 14.3. The van der Waals surface area contributed by atoms with Crippen molar-refractivity contribution in [3.8, 4) is 0 Å². The standard InChI is InChI=1S/C16H31NO2/c1-11-12(2,3)13(4,5)14(6,7)15(8,9)16(11,10)17(18)19/h11H,1-10H3. The predicted molar refractivity (Wildman–Crippen MR) is 79.7 cm³/mol. The molecular weight excluding hydrogens is 238 g/mol. The van der Waals surface area contributed by atoms with Gasteiger partial charge in [0.1, 0.15) is 0 Å². The zero-order valence-corrected chi connectivity index (χ0v) is 14.3. The van der Waals surface area contributed by atoms with Crippen LogP contribution in [0.25, 0.3) is 0 Å². The van der Waals surface area contributed by atoms with Gasteiger partial charge in [-0.1, -0.05) is 62.3 Å². The predicted octanol–water partition coefficient (Wildman–Crippen LogP) is 4.78. The van der Waals surface area contributed by atoms with E-state index in [0.29, 0.717) is 0 Å². The molecule has 0 spiro atoms. The lowest BCUT2D eigenvalue weighted by Crippen LogP contribution is -2.72. The van der Waals surface area contributed by atoms with Crippen LogP contribution in [0.3, 0.4) is 0 Å². The second-order valence-electron chi connectivity index (χ2n) is 8.72. The van der Waals surface area contributed by atoms with Crippen molar-refractivity contribution in [3.63, 3.8) is 0 Å². The molecule has 1 aliphatic carbocycles. The molecular formula is C16H31NO2. The maximum Gasteiger partial charge on any atom is 0.228 e. The van der Waals surface area contributed by atoms with E-state index >= 15 is 0 Å². The SMILES string of the molecule is CC1C(C)(C)C(C)(C)C(C)(C)C(C)(C)C1(C)[N+](=O)[O-]. The molecule has 0 N–H and O–H groups in total. The van der Waals surface area contributed by atoms with E-state index in [0.717, 1.165) is 0 Å². The topological polar surface area (TPSA) is 43.1 Å². The van der Waals surface area contributed by atoms with Gasteiger partial charge in [-0.2, -0.15) is 0 Å². The molecule has 0 aromatic carbocycles. The Labute approximate surface area is 118 Å². The van der Waals surface area contributed by atoms with E-state index < -0.39 is 5.54 Å². The van der Waals surface area contributed by atoms with Crippen molar-refractivity contribution < 1.29 is 4.92 Å². The average Bonchev–Trinajstić information content (AvgIpc) is 2.24. The Morgan fingerprint density at radius 2 is 1.16 bits per heavy atom. The molecule has 2 unspecified atom stereocenters. The lowest BCUT2D eigenvalue weighted by Gasteiger charge is -2.69. The highest BCUT2D eigenvalue weighted by Crippen LogP contribution is 2.71. The molecule has 0 radical (unpaired) electrons. The summed E-state index contributed by atoms with van der Waals surface area (Å²) in [6, 6.07) is 0. The normalized spacial score (nSPS) is 38.7. The van der Waals surface area contributed by atoms with E-state index in [1.807, 2.05) is 6.92 Å². The minimum absolute atomic E-state index is 0.00743. The molecule has 2 atom stereocenters. The minimum atomic E-state index is -0.921. The van der Waals surface area contributed by atoms with Crippen LogP contribution in [-0.4, -0.2) is 10.5 Å². The van der Waals surface area contributed by atoms with Gasteiger partial charge >= 0.3 is 0 Å². The first-order chi connectivity index (χ1) is 8.10. The number of rotatable bonds is 1. The third kappa shape index (κ3) is 1.45. The van der Waals surface area contributed by atoms with Crippen LogP contribution in [0.1, 0.15) is 69.2 Å². The fourth-order valence-corrected chi connectivity index (χ4v) is 4.39. The van der Waals surface area contributed by atoms with Crippen LogP contribution < -0.4 is 0 Å². The van der Waals surface area contributed by atoms with Crippen molar-refractivity contribution in [3.05, 3.63) is 10.1 Å². The number of hydrogen-bond acceptors (Lipinski definition) is 2. The maximum absolute atomic E-state index is 11.9. The van der Waals surface area contributed by atoms with Crippen molar-refractivity contribution in [2.75, 3.05) is 0 Å². The Morgan fingerprint density at radius 3 is 1.47 bits per heavy atom. The van der Waals surface area contributed by atoms with Crippen molar-refractivity contribution in [1.29, 1.82) is 0 Å². The van der Waals surface area contributed by atoms with Gasteiger partial charge in [-0.15, -0.1) is 0 Å². The third-order valence-corrected chi connectivity index (χ3v) is 8.31. The van der Waals surface area contributed by atoms with Crippen molar-refractivity contribution in [1.82, 2.24) is 0 Å². The molecule has 0 aliphatic heterocycles. The molecule has 1 saturated carbocycles. The summed E-state index contributed by atoms with van der Waals surface area (Å²) in [5.74, 6) is 0.00743. The van der Waals surface area contributed by atoms with Crippen LogP contribution in [0.5, 0.6) is 0 Å². The Bertz CT molecular complexity index is 407. The monoisotopic (exact) mass is 269 g/mol. The number of nitrogens with zero attached hydrogens (tertiary/aromatic N) is 1. The first-order valence-corrected chi connectivity index (χ1v) is 7.24. The van der Waals surface area contributed by atoms with Gasteiger partial charge in [0, 0.05) is 23.2 Å². The van der Waals surface area contributed by atoms with Gasteiger partial charge in [0.15, 0.2) is 0 Å². The largest absolute Gasteiger partial charge is 0.264 e. The molecule has 0 amide bonds. The Kier molecular flexibility index (Phi) is 3.23.